The molecule has 78 heavy (non-hydrogen) atoms. The van der Waals surface area contributed by atoms with E-state index in [1.54, 1.807) is 0 Å². The third kappa shape index (κ3) is 10.6. The van der Waals surface area contributed by atoms with Crippen LogP contribution in [-0.4, -0.2) is 255 Å². The van der Waals surface area contributed by atoms with Gasteiger partial charge in [0.25, 0.3) is 0 Å². The van der Waals surface area contributed by atoms with Gasteiger partial charge in [-0.1, -0.05) is 57.9 Å². The summed E-state index contributed by atoms with van der Waals surface area (Å²) < 4.78 is 48.6. The first kappa shape index (κ1) is 62.6. The Bertz CT molecular complexity index is 2090. The summed E-state index contributed by atoms with van der Waals surface area (Å²) in [6.07, 6.45) is -28.2. The van der Waals surface area contributed by atoms with E-state index >= 15 is 0 Å². The second-order valence-electron chi connectivity index (χ2n) is 25.4. The van der Waals surface area contributed by atoms with Crippen LogP contribution in [0.2, 0.25) is 0 Å². The predicted octanol–water partition coefficient (Wildman–Crippen LogP) is -3.31. The smallest absolute Gasteiger partial charge is 0.187 e. The maximum atomic E-state index is 12.9. The van der Waals surface area contributed by atoms with Crippen molar-refractivity contribution < 1.29 is 120 Å². The predicted molar refractivity (Wildman–Crippen MR) is 268 cm³/mol. The molecular formula is C54H90O24. The molecule has 4 aliphatic heterocycles. The van der Waals surface area contributed by atoms with Gasteiger partial charge < -0.3 is 120 Å². The van der Waals surface area contributed by atoms with E-state index in [1.165, 1.54) is 0 Å². The molecule has 8 rings (SSSR count). The van der Waals surface area contributed by atoms with Gasteiger partial charge in [0.05, 0.1) is 50.3 Å². The van der Waals surface area contributed by atoms with Crippen LogP contribution in [0.4, 0.5) is 0 Å². The van der Waals surface area contributed by atoms with Crippen molar-refractivity contribution in [2.45, 2.75) is 247 Å². The summed E-state index contributed by atoms with van der Waals surface area (Å²) in [6.45, 7) is 13.3. The Morgan fingerprint density at radius 3 is 1.71 bits per heavy atom. The molecule has 30 atom stereocenters. The molecule has 24 heteroatoms. The van der Waals surface area contributed by atoms with Gasteiger partial charge in [-0.25, -0.2) is 0 Å². The number of allylic oxidation sites excluding steroid dienone is 2. The molecule has 0 bridgehead atoms. The molecule has 24 nitrogen and oxygen atoms in total. The topological polar surface area (TPSA) is 398 Å². The van der Waals surface area contributed by atoms with Crippen molar-refractivity contribution in [2.75, 3.05) is 26.4 Å². The molecule has 4 saturated heterocycles. The third-order valence-electron chi connectivity index (χ3n) is 20.3. The van der Waals surface area contributed by atoms with E-state index in [2.05, 4.69) is 20.8 Å². The van der Waals surface area contributed by atoms with Crippen molar-refractivity contribution in [3.63, 3.8) is 0 Å². The minimum absolute atomic E-state index is 0.275. The van der Waals surface area contributed by atoms with Crippen molar-refractivity contribution in [1.29, 1.82) is 0 Å². The molecule has 450 valence electrons. The zero-order chi connectivity index (χ0) is 57.5. The molecule has 0 amide bonds. The van der Waals surface area contributed by atoms with Gasteiger partial charge in [0.15, 0.2) is 25.2 Å². The van der Waals surface area contributed by atoms with Crippen LogP contribution in [-0.2, 0) is 37.9 Å². The maximum Gasteiger partial charge on any atom is 0.187 e. The quantitative estimate of drug-likeness (QED) is 0.0673. The summed E-state index contributed by atoms with van der Waals surface area (Å²) in [4.78, 5) is 0. The summed E-state index contributed by atoms with van der Waals surface area (Å²) in [5.74, 6) is -1.20. The molecule has 3 saturated carbocycles. The first-order chi connectivity index (χ1) is 36.5. The van der Waals surface area contributed by atoms with Gasteiger partial charge in [-0.3, -0.25) is 0 Å². The molecule has 4 heterocycles. The van der Waals surface area contributed by atoms with Gasteiger partial charge in [-0.05, 0) is 94.3 Å². The normalized spacial score (nSPS) is 52.1. The van der Waals surface area contributed by atoms with Gasteiger partial charge in [0.1, 0.15) is 97.7 Å². The fourth-order valence-corrected chi connectivity index (χ4v) is 15.5. The van der Waals surface area contributed by atoms with E-state index in [0.29, 0.717) is 38.5 Å². The molecule has 7 fully saturated rings. The van der Waals surface area contributed by atoms with Crippen molar-refractivity contribution in [3.05, 3.63) is 23.3 Å². The average Bonchev–Trinajstić information content (AvgIpc) is 2.26. The van der Waals surface area contributed by atoms with Gasteiger partial charge >= 0.3 is 0 Å². The average molecular weight is 1120 g/mol. The van der Waals surface area contributed by atoms with E-state index in [9.17, 15) is 81.7 Å². The maximum absolute atomic E-state index is 12.9. The third-order valence-corrected chi connectivity index (χ3v) is 20.3. The number of aliphatic hydroxyl groups excluding tert-OH is 16. The van der Waals surface area contributed by atoms with Crippen molar-refractivity contribution in [3.8, 4) is 0 Å². The Labute approximate surface area is 454 Å². The molecule has 0 aromatic carbocycles. The van der Waals surface area contributed by atoms with Crippen LogP contribution >= 0.6 is 0 Å². The fraction of sp³-hybridized carbons (Fsp3) is 0.926. The lowest BCUT2D eigenvalue weighted by Gasteiger charge is -2.69. The Balaban J connectivity index is 1.05. The molecule has 0 aromatic rings. The number of hydrogen-bond acceptors (Lipinski definition) is 24. The highest BCUT2D eigenvalue weighted by molar-refractivity contribution is 5.36. The summed E-state index contributed by atoms with van der Waals surface area (Å²) in [5.41, 5.74) is -2.40. The summed E-state index contributed by atoms with van der Waals surface area (Å²) >= 11 is 0. The van der Waals surface area contributed by atoms with Crippen LogP contribution in [0.15, 0.2) is 23.3 Å². The molecular weight excluding hydrogens is 1030 g/mol. The fourth-order valence-electron chi connectivity index (χ4n) is 15.5. The number of fused-ring (bicyclic) bond motifs is 5. The van der Waals surface area contributed by atoms with Gasteiger partial charge in [0, 0.05) is 10.8 Å². The van der Waals surface area contributed by atoms with Crippen LogP contribution in [0, 0.1) is 39.4 Å². The number of rotatable bonds is 16. The van der Waals surface area contributed by atoms with E-state index in [4.69, 9.17) is 37.9 Å². The monoisotopic (exact) mass is 1120 g/mol. The first-order valence-corrected chi connectivity index (χ1v) is 27.7. The van der Waals surface area contributed by atoms with Crippen LogP contribution in [0.5, 0.6) is 0 Å². The standard InChI is InChI=1S/C54H90O24/c1-22(2)10-9-13-53(7,78-48-44(70)40(66)37(63)28(75-48)21-71-46-42(68)38(64)34(60)25(18-55)72-46)23-11-15-52(6)33(23)24(58)16-30-51(5)14-12-32(50(3,4)29(51)17-31(59)54(30,52)8)76-49-45(41(67)36(62)27(20-57)74-49)77-47-43(69)39(65)35(61)26(19-56)73-47/h10,17,23-28,30-49,55-70H,9,11-16,18-21H2,1-8H3. The molecule has 0 spiro atoms. The highest BCUT2D eigenvalue weighted by Gasteiger charge is 2.73. The molecule has 30 unspecified atom stereocenters. The van der Waals surface area contributed by atoms with E-state index < -0.39 is 207 Å². The van der Waals surface area contributed by atoms with E-state index in [0.717, 1.165) is 11.1 Å². The number of ether oxygens (including phenoxy) is 8. The Morgan fingerprint density at radius 1 is 0.615 bits per heavy atom. The zero-order valence-electron chi connectivity index (χ0n) is 45.9. The lowest BCUT2D eigenvalue weighted by Crippen LogP contribution is -2.68. The molecule has 0 aromatic heterocycles. The Morgan fingerprint density at radius 2 is 1.13 bits per heavy atom. The van der Waals surface area contributed by atoms with Gasteiger partial charge in [0.2, 0.25) is 0 Å². The van der Waals surface area contributed by atoms with E-state index in [1.807, 2.05) is 46.8 Å². The summed E-state index contributed by atoms with van der Waals surface area (Å²) in [5, 5.41) is 175. The van der Waals surface area contributed by atoms with Gasteiger partial charge in [-0.2, -0.15) is 0 Å². The second kappa shape index (κ2) is 23.5. The van der Waals surface area contributed by atoms with E-state index in [-0.39, 0.29) is 12.3 Å². The molecule has 4 aliphatic carbocycles. The highest BCUT2D eigenvalue weighted by Crippen LogP contribution is 2.75. The Kier molecular flexibility index (Phi) is 18.9. The molecule has 0 radical (unpaired) electrons. The van der Waals surface area contributed by atoms with Crippen LogP contribution in [0.1, 0.15) is 100 Å². The lowest BCUT2D eigenvalue weighted by atomic mass is 9.37. The minimum Gasteiger partial charge on any atom is -0.394 e. The first-order valence-electron chi connectivity index (χ1n) is 27.7. The highest BCUT2D eigenvalue weighted by atomic mass is 16.8. The van der Waals surface area contributed by atoms with Crippen molar-refractivity contribution in [1.82, 2.24) is 0 Å². The SMILES string of the molecule is CC(C)=CCCC(C)(OC1OC(COC2OC(CO)C(O)C(O)C2O)C(O)C(O)C1O)C1CCC2(C)C1C(O)CC1C3(C)CCC(OC4OC(CO)C(O)C(O)C4OC4OC(CO)C(O)C(O)C4O)C(C)(C)C3=CC(O)C12C. The molecule has 16 N–H and O–H groups in total. The second-order valence-corrected chi connectivity index (χ2v) is 25.4. The van der Waals surface area contributed by atoms with Crippen molar-refractivity contribution >= 4 is 0 Å². The zero-order valence-corrected chi connectivity index (χ0v) is 45.9. The van der Waals surface area contributed by atoms with Crippen LogP contribution < -0.4 is 0 Å². The summed E-state index contributed by atoms with van der Waals surface area (Å²) in [6, 6.07) is 0. The van der Waals surface area contributed by atoms with Crippen molar-refractivity contribution in [2.24, 2.45) is 39.4 Å². The number of aliphatic hydroxyl groups is 16. The Hall–Kier alpha value is -1.48. The number of hydrogen-bond donors (Lipinski definition) is 16. The summed E-state index contributed by atoms with van der Waals surface area (Å²) in [7, 11) is 0. The molecule has 8 aliphatic rings. The lowest BCUT2D eigenvalue weighted by molar-refractivity contribution is -0.375. The largest absolute Gasteiger partial charge is 0.394 e. The minimum atomic E-state index is -1.86. The van der Waals surface area contributed by atoms with Crippen LogP contribution in [0.3, 0.4) is 0 Å². The van der Waals surface area contributed by atoms with Gasteiger partial charge in [-0.15, -0.1) is 0 Å². The van der Waals surface area contributed by atoms with Crippen LogP contribution in [0.25, 0.3) is 0 Å².